The summed E-state index contributed by atoms with van der Waals surface area (Å²) in [6, 6.07) is 19.0. The Labute approximate surface area is 154 Å². The summed E-state index contributed by atoms with van der Waals surface area (Å²) in [6.45, 7) is 0.997. The molecule has 3 nitrogen and oxygen atoms in total. The molecule has 0 spiro atoms. The van der Waals surface area contributed by atoms with Gasteiger partial charge in [-0.05, 0) is 67.6 Å². The van der Waals surface area contributed by atoms with Gasteiger partial charge in [-0.25, -0.2) is 0 Å². The maximum atomic E-state index is 5.44. The van der Waals surface area contributed by atoms with Crippen LogP contribution in [0.3, 0.4) is 0 Å². The van der Waals surface area contributed by atoms with E-state index in [1.54, 1.807) is 7.11 Å². The van der Waals surface area contributed by atoms with Crippen LogP contribution in [0.1, 0.15) is 16.8 Å². The van der Waals surface area contributed by atoms with Crippen molar-refractivity contribution in [3.63, 3.8) is 0 Å². The Kier molecular flexibility index (Phi) is 4.48. The fourth-order valence-corrected chi connectivity index (χ4v) is 3.81. The Bertz CT molecular complexity index is 975. The van der Waals surface area contributed by atoms with E-state index in [0.29, 0.717) is 5.92 Å². The molecule has 132 valence electrons. The molecule has 0 saturated carbocycles. The molecule has 3 aromatic rings. The van der Waals surface area contributed by atoms with Crippen LogP contribution in [0, 0.1) is 5.92 Å². The highest BCUT2D eigenvalue weighted by Gasteiger charge is 2.24. The predicted octanol–water partition coefficient (Wildman–Crippen LogP) is 4.52. The second-order valence-corrected chi connectivity index (χ2v) is 7.21. The third kappa shape index (κ3) is 3.23. The van der Waals surface area contributed by atoms with Crippen LogP contribution in [0.15, 0.2) is 54.6 Å². The lowest BCUT2D eigenvalue weighted by atomic mass is 9.81. The van der Waals surface area contributed by atoms with Gasteiger partial charge in [-0.1, -0.05) is 30.3 Å². The van der Waals surface area contributed by atoms with Crippen molar-refractivity contribution in [2.75, 3.05) is 27.7 Å². The fraction of sp³-hybridized carbons (Fsp3) is 0.261. The van der Waals surface area contributed by atoms with Gasteiger partial charge in [0.2, 0.25) is 0 Å². The molecule has 4 rings (SSSR count). The highest BCUT2D eigenvalue weighted by molar-refractivity contribution is 5.89. The van der Waals surface area contributed by atoms with E-state index in [1.807, 2.05) is 6.07 Å². The average molecular weight is 344 g/mol. The van der Waals surface area contributed by atoms with Crippen molar-refractivity contribution in [2.45, 2.75) is 6.42 Å². The number of aromatic nitrogens is 1. The van der Waals surface area contributed by atoms with Crippen molar-refractivity contribution in [1.29, 1.82) is 0 Å². The molecule has 1 heterocycles. The first-order chi connectivity index (χ1) is 12.6. The third-order valence-corrected chi connectivity index (χ3v) is 5.02. The SMILES string of the molecule is COc1cccc(C2=Cc3cc4ccccc4nc3CC2CN(C)C)c1. The molecule has 3 heteroatoms. The summed E-state index contributed by atoms with van der Waals surface area (Å²) in [4.78, 5) is 7.20. The van der Waals surface area contributed by atoms with Crippen LogP contribution in [0.2, 0.25) is 0 Å². The number of benzene rings is 2. The Hall–Kier alpha value is -2.65. The molecule has 2 aromatic carbocycles. The van der Waals surface area contributed by atoms with Crippen molar-refractivity contribution >= 4 is 22.6 Å². The Morgan fingerprint density at radius 2 is 1.92 bits per heavy atom. The lowest BCUT2D eigenvalue weighted by Gasteiger charge is -2.28. The molecule has 0 amide bonds. The molecule has 0 aliphatic heterocycles. The number of hydrogen-bond donors (Lipinski definition) is 0. The maximum absolute atomic E-state index is 5.44. The van der Waals surface area contributed by atoms with E-state index >= 15 is 0 Å². The number of hydrogen-bond acceptors (Lipinski definition) is 3. The van der Waals surface area contributed by atoms with E-state index in [4.69, 9.17) is 9.72 Å². The fourth-order valence-electron chi connectivity index (χ4n) is 3.81. The van der Waals surface area contributed by atoms with E-state index in [1.165, 1.54) is 27.8 Å². The number of para-hydroxylation sites is 1. The zero-order valence-electron chi connectivity index (χ0n) is 15.6. The molecule has 1 aliphatic rings. The van der Waals surface area contributed by atoms with Gasteiger partial charge >= 0.3 is 0 Å². The second-order valence-electron chi connectivity index (χ2n) is 7.21. The third-order valence-electron chi connectivity index (χ3n) is 5.02. The molecular weight excluding hydrogens is 320 g/mol. The van der Waals surface area contributed by atoms with Crippen molar-refractivity contribution in [3.8, 4) is 5.75 Å². The minimum atomic E-state index is 0.415. The number of rotatable bonds is 4. The van der Waals surface area contributed by atoms with Crippen LogP contribution in [-0.4, -0.2) is 37.6 Å². The number of pyridine rings is 1. The van der Waals surface area contributed by atoms with Gasteiger partial charge in [0.15, 0.2) is 0 Å². The predicted molar refractivity (Wildman–Crippen MR) is 108 cm³/mol. The van der Waals surface area contributed by atoms with E-state index in [0.717, 1.165) is 24.2 Å². The molecule has 1 aliphatic carbocycles. The van der Waals surface area contributed by atoms with Gasteiger partial charge in [-0.2, -0.15) is 0 Å². The Morgan fingerprint density at radius 1 is 1.08 bits per heavy atom. The summed E-state index contributed by atoms with van der Waals surface area (Å²) in [7, 11) is 5.98. The van der Waals surface area contributed by atoms with E-state index in [-0.39, 0.29) is 0 Å². The van der Waals surface area contributed by atoms with Crippen molar-refractivity contribution < 1.29 is 4.74 Å². The first kappa shape index (κ1) is 16.8. The molecular formula is C23H24N2O. The van der Waals surface area contributed by atoms with Crippen molar-refractivity contribution in [2.24, 2.45) is 5.92 Å². The first-order valence-corrected chi connectivity index (χ1v) is 9.03. The lowest BCUT2D eigenvalue weighted by molar-refractivity contribution is 0.361. The first-order valence-electron chi connectivity index (χ1n) is 9.03. The normalized spacial score (nSPS) is 16.5. The summed E-state index contributed by atoms with van der Waals surface area (Å²) in [5, 5.41) is 1.19. The van der Waals surface area contributed by atoms with Crippen LogP contribution in [0.4, 0.5) is 0 Å². The zero-order valence-corrected chi connectivity index (χ0v) is 15.6. The summed E-state index contributed by atoms with van der Waals surface area (Å²) in [5.41, 5.74) is 6.10. The topological polar surface area (TPSA) is 25.4 Å². The summed E-state index contributed by atoms with van der Waals surface area (Å²) >= 11 is 0. The quantitative estimate of drug-likeness (QED) is 0.696. The van der Waals surface area contributed by atoms with Crippen LogP contribution >= 0.6 is 0 Å². The minimum Gasteiger partial charge on any atom is -0.497 e. The molecule has 1 aromatic heterocycles. The Morgan fingerprint density at radius 3 is 2.73 bits per heavy atom. The molecule has 0 saturated heterocycles. The van der Waals surface area contributed by atoms with E-state index in [9.17, 15) is 0 Å². The summed E-state index contributed by atoms with van der Waals surface area (Å²) < 4.78 is 5.44. The molecule has 0 fully saturated rings. The second kappa shape index (κ2) is 6.93. The summed E-state index contributed by atoms with van der Waals surface area (Å²) in [6.07, 6.45) is 3.28. The van der Waals surface area contributed by atoms with Crippen LogP contribution in [0.25, 0.3) is 22.6 Å². The number of fused-ring (bicyclic) bond motifs is 2. The molecule has 26 heavy (non-hydrogen) atoms. The minimum absolute atomic E-state index is 0.415. The molecule has 1 atom stereocenters. The van der Waals surface area contributed by atoms with Gasteiger partial charge in [-0.3, -0.25) is 4.98 Å². The number of ether oxygens (including phenoxy) is 1. The Balaban J connectivity index is 1.85. The average Bonchev–Trinajstić information content (AvgIpc) is 2.65. The van der Waals surface area contributed by atoms with Gasteiger partial charge in [0.25, 0.3) is 0 Å². The van der Waals surface area contributed by atoms with Crippen LogP contribution in [-0.2, 0) is 6.42 Å². The zero-order chi connectivity index (χ0) is 18.1. The molecule has 0 radical (unpaired) electrons. The van der Waals surface area contributed by atoms with Crippen LogP contribution in [0.5, 0.6) is 5.75 Å². The highest BCUT2D eigenvalue weighted by atomic mass is 16.5. The number of methoxy groups -OCH3 is 1. The van der Waals surface area contributed by atoms with Gasteiger partial charge in [0.1, 0.15) is 5.75 Å². The molecule has 1 unspecified atom stereocenters. The van der Waals surface area contributed by atoms with Gasteiger partial charge < -0.3 is 9.64 Å². The number of nitrogens with zero attached hydrogens (tertiary/aromatic N) is 2. The van der Waals surface area contributed by atoms with Crippen molar-refractivity contribution in [1.82, 2.24) is 9.88 Å². The van der Waals surface area contributed by atoms with Gasteiger partial charge in [-0.15, -0.1) is 0 Å². The highest BCUT2D eigenvalue weighted by Crippen LogP contribution is 2.36. The van der Waals surface area contributed by atoms with Gasteiger partial charge in [0.05, 0.1) is 12.6 Å². The monoisotopic (exact) mass is 344 g/mol. The maximum Gasteiger partial charge on any atom is 0.119 e. The smallest absolute Gasteiger partial charge is 0.119 e. The van der Waals surface area contributed by atoms with E-state index in [2.05, 4.69) is 73.6 Å². The van der Waals surface area contributed by atoms with E-state index < -0.39 is 0 Å². The molecule has 0 N–H and O–H groups in total. The standard InChI is InChI=1S/C23H24N2O/c1-25(2)15-19-14-23-18(11-17-7-4-5-10-22(17)24-23)13-21(19)16-8-6-9-20(12-16)26-3/h4-13,19H,14-15H2,1-3H3. The lowest BCUT2D eigenvalue weighted by Crippen LogP contribution is -2.26. The van der Waals surface area contributed by atoms with Crippen molar-refractivity contribution in [3.05, 3.63) is 71.4 Å². The van der Waals surface area contributed by atoms with Gasteiger partial charge in [0, 0.05) is 23.5 Å². The van der Waals surface area contributed by atoms with Crippen LogP contribution < -0.4 is 4.74 Å². The summed E-state index contributed by atoms with van der Waals surface area (Å²) in [5.74, 6) is 1.31. The molecule has 0 bridgehead atoms. The largest absolute Gasteiger partial charge is 0.497 e.